The first-order chi connectivity index (χ1) is 4.31. The Balaban J connectivity index is 3.36. The molecule has 0 saturated carbocycles. The second-order valence-electron chi connectivity index (χ2n) is 1.84. The van der Waals surface area contributed by atoms with E-state index < -0.39 is 0 Å². The van der Waals surface area contributed by atoms with Crippen LogP contribution in [0.25, 0.3) is 0 Å². The van der Waals surface area contributed by atoms with Gasteiger partial charge in [-0.25, -0.2) is 0 Å². The fourth-order valence-corrected chi connectivity index (χ4v) is 0.512. The molecule has 0 aromatic rings. The summed E-state index contributed by atoms with van der Waals surface area (Å²) in [7, 11) is 1.55. The minimum Gasteiger partial charge on any atom is -0.399 e. The van der Waals surface area contributed by atoms with Gasteiger partial charge in [0.05, 0.1) is 5.71 Å². The van der Waals surface area contributed by atoms with Gasteiger partial charge >= 0.3 is 0 Å². The Morgan fingerprint density at radius 1 is 1.78 bits per heavy atom. The average Bonchev–Trinajstić information content (AvgIpc) is 1.85. The van der Waals surface area contributed by atoms with E-state index in [1.807, 2.05) is 13.0 Å². The van der Waals surface area contributed by atoms with Crippen molar-refractivity contribution in [3.8, 4) is 0 Å². The van der Waals surface area contributed by atoms with Crippen LogP contribution in [0.4, 0.5) is 0 Å². The first-order valence-electron chi connectivity index (χ1n) is 2.98. The minimum atomic E-state index is 0.942. The van der Waals surface area contributed by atoms with E-state index in [-0.39, 0.29) is 0 Å². The fraction of sp³-hybridized carbons (Fsp3) is 0.571. The lowest BCUT2D eigenvalue weighted by molar-refractivity contribution is 0.212. The molecule has 0 bridgehead atoms. The van der Waals surface area contributed by atoms with Crippen molar-refractivity contribution in [2.24, 2.45) is 5.16 Å². The Morgan fingerprint density at radius 2 is 2.44 bits per heavy atom. The van der Waals surface area contributed by atoms with Gasteiger partial charge in [-0.05, 0) is 19.8 Å². The standard InChI is InChI=1S/C7H13NO/c1-4-5-6-7(2)8-9-3/h4H,1,5-6H2,2-3H3/b8-7-. The van der Waals surface area contributed by atoms with Crippen LogP contribution in [0, 0.1) is 0 Å². The predicted octanol–water partition coefficient (Wildman–Crippen LogP) is 1.97. The molecular weight excluding hydrogens is 114 g/mol. The van der Waals surface area contributed by atoms with E-state index in [4.69, 9.17) is 0 Å². The lowest BCUT2D eigenvalue weighted by Gasteiger charge is -1.93. The van der Waals surface area contributed by atoms with Gasteiger partial charge in [0, 0.05) is 0 Å². The lowest BCUT2D eigenvalue weighted by atomic mass is 10.2. The summed E-state index contributed by atoms with van der Waals surface area (Å²) in [6.07, 6.45) is 3.78. The van der Waals surface area contributed by atoms with Crippen LogP contribution >= 0.6 is 0 Å². The molecule has 0 radical (unpaired) electrons. The van der Waals surface area contributed by atoms with Gasteiger partial charge in [-0.15, -0.1) is 6.58 Å². The van der Waals surface area contributed by atoms with Gasteiger partial charge in [0.15, 0.2) is 0 Å². The first kappa shape index (κ1) is 8.21. The third-order valence-electron chi connectivity index (χ3n) is 0.957. The quantitative estimate of drug-likeness (QED) is 0.321. The Labute approximate surface area is 56.2 Å². The second-order valence-corrected chi connectivity index (χ2v) is 1.84. The van der Waals surface area contributed by atoms with Crippen molar-refractivity contribution in [1.29, 1.82) is 0 Å². The fourth-order valence-electron chi connectivity index (χ4n) is 0.512. The summed E-state index contributed by atoms with van der Waals surface area (Å²) in [5, 5.41) is 3.73. The number of hydrogen-bond donors (Lipinski definition) is 0. The van der Waals surface area contributed by atoms with Crippen LogP contribution in [0.2, 0.25) is 0 Å². The Morgan fingerprint density at radius 3 is 2.89 bits per heavy atom. The maximum atomic E-state index is 4.55. The smallest absolute Gasteiger partial charge is 0.106 e. The van der Waals surface area contributed by atoms with Crippen molar-refractivity contribution >= 4 is 5.71 Å². The van der Waals surface area contributed by atoms with E-state index in [0.717, 1.165) is 18.6 Å². The summed E-state index contributed by atoms with van der Waals surface area (Å²) in [6.45, 7) is 5.53. The molecule has 0 atom stereocenters. The number of nitrogens with zero attached hydrogens (tertiary/aromatic N) is 1. The molecule has 9 heavy (non-hydrogen) atoms. The number of oxime groups is 1. The van der Waals surface area contributed by atoms with Crippen LogP contribution in [-0.4, -0.2) is 12.8 Å². The highest BCUT2D eigenvalue weighted by Crippen LogP contribution is 1.92. The van der Waals surface area contributed by atoms with Gasteiger partial charge in [0.2, 0.25) is 0 Å². The largest absolute Gasteiger partial charge is 0.399 e. The van der Waals surface area contributed by atoms with Crippen LogP contribution in [0.1, 0.15) is 19.8 Å². The summed E-state index contributed by atoms with van der Waals surface area (Å²) in [5.74, 6) is 0. The third kappa shape index (κ3) is 5.07. The van der Waals surface area contributed by atoms with Crippen LogP contribution in [0.5, 0.6) is 0 Å². The predicted molar refractivity (Wildman–Crippen MR) is 39.5 cm³/mol. The lowest BCUT2D eigenvalue weighted by Crippen LogP contribution is -1.89. The van der Waals surface area contributed by atoms with Crippen LogP contribution < -0.4 is 0 Å². The van der Waals surface area contributed by atoms with E-state index in [2.05, 4.69) is 16.6 Å². The molecule has 0 rings (SSSR count). The van der Waals surface area contributed by atoms with Gasteiger partial charge in [0.25, 0.3) is 0 Å². The van der Waals surface area contributed by atoms with Gasteiger partial charge in [-0.1, -0.05) is 11.2 Å². The third-order valence-corrected chi connectivity index (χ3v) is 0.957. The van der Waals surface area contributed by atoms with E-state index >= 15 is 0 Å². The van der Waals surface area contributed by atoms with Crippen molar-refractivity contribution in [2.75, 3.05) is 7.11 Å². The highest BCUT2D eigenvalue weighted by Gasteiger charge is 1.86. The second kappa shape index (κ2) is 5.35. The first-order valence-corrected chi connectivity index (χ1v) is 2.98. The zero-order valence-corrected chi connectivity index (χ0v) is 6.05. The summed E-state index contributed by atoms with van der Waals surface area (Å²) in [6, 6.07) is 0. The molecule has 0 aromatic carbocycles. The summed E-state index contributed by atoms with van der Waals surface area (Å²) < 4.78 is 0. The van der Waals surface area contributed by atoms with Crippen LogP contribution in [-0.2, 0) is 4.84 Å². The summed E-state index contributed by atoms with van der Waals surface area (Å²) in [5.41, 5.74) is 1.01. The van der Waals surface area contributed by atoms with Crippen molar-refractivity contribution in [3.05, 3.63) is 12.7 Å². The Kier molecular flexibility index (Phi) is 4.88. The molecule has 0 saturated heterocycles. The van der Waals surface area contributed by atoms with E-state index in [1.165, 1.54) is 0 Å². The highest BCUT2D eigenvalue weighted by molar-refractivity contribution is 5.81. The number of allylic oxidation sites excluding steroid dienone is 1. The molecule has 0 N–H and O–H groups in total. The van der Waals surface area contributed by atoms with Gasteiger partial charge in [-0.3, -0.25) is 0 Å². The SMILES string of the molecule is C=CCC/C(C)=N\OC. The molecule has 0 fully saturated rings. The van der Waals surface area contributed by atoms with E-state index in [0.29, 0.717) is 0 Å². The molecule has 0 amide bonds. The zero-order chi connectivity index (χ0) is 7.11. The maximum Gasteiger partial charge on any atom is 0.106 e. The molecular formula is C7H13NO. The number of rotatable bonds is 4. The van der Waals surface area contributed by atoms with Crippen molar-refractivity contribution < 1.29 is 4.84 Å². The van der Waals surface area contributed by atoms with Crippen molar-refractivity contribution in [3.63, 3.8) is 0 Å². The monoisotopic (exact) mass is 127 g/mol. The Bertz CT molecular complexity index is 107. The average molecular weight is 127 g/mol. The molecule has 0 aliphatic carbocycles. The van der Waals surface area contributed by atoms with Crippen molar-refractivity contribution in [1.82, 2.24) is 0 Å². The molecule has 0 heterocycles. The molecule has 0 aliphatic heterocycles. The van der Waals surface area contributed by atoms with Gasteiger partial charge < -0.3 is 4.84 Å². The normalized spacial score (nSPS) is 11.1. The van der Waals surface area contributed by atoms with Crippen LogP contribution in [0.3, 0.4) is 0 Å². The molecule has 2 nitrogen and oxygen atoms in total. The van der Waals surface area contributed by atoms with E-state index in [1.54, 1.807) is 7.11 Å². The molecule has 0 aliphatic rings. The topological polar surface area (TPSA) is 21.6 Å². The summed E-state index contributed by atoms with van der Waals surface area (Å²) in [4.78, 5) is 4.55. The van der Waals surface area contributed by atoms with E-state index in [9.17, 15) is 0 Å². The zero-order valence-electron chi connectivity index (χ0n) is 6.05. The molecule has 0 spiro atoms. The summed E-state index contributed by atoms with van der Waals surface area (Å²) >= 11 is 0. The molecule has 52 valence electrons. The molecule has 2 heteroatoms. The minimum absolute atomic E-state index is 0.942. The maximum absolute atomic E-state index is 4.55. The van der Waals surface area contributed by atoms with Gasteiger partial charge in [0.1, 0.15) is 7.11 Å². The van der Waals surface area contributed by atoms with Gasteiger partial charge in [-0.2, -0.15) is 0 Å². The Hall–Kier alpha value is -0.790. The molecule has 0 unspecified atom stereocenters. The van der Waals surface area contributed by atoms with Crippen LogP contribution in [0.15, 0.2) is 17.8 Å². The highest BCUT2D eigenvalue weighted by atomic mass is 16.6. The molecule has 0 aromatic heterocycles. The number of hydrogen-bond acceptors (Lipinski definition) is 2. The van der Waals surface area contributed by atoms with Crippen molar-refractivity contribution in [2.45, 2.75) is 19.8 Å².